The van der Waals surface area contributed by atoms with Gasteiger partial charge in [0.25, 0.3) is 0 Å². The zero-order valence-electron chi connectivity index (χ0n) is 14.9. The highest BCUT2D eigenvalue weighted by atomic mass is 16.3. The van der Waals surface area contributed by atoms with Gasteiger partial charge in [0.05, 0.1) is 6.10 Å². The smallest absolute Gasteiger partial charge is 0.0568 e. The van der Waals surface area contributed by atoms with Gasteiger partial charge in [-0.15, -0.1) is 6.58 Å². The Kier molecular flexibility index (Phi) is 6.74. The summed E-state index contributed by atoms with van der Waals surface area (Å²) in [6.45, 7) is 10.8. The fourth-order valence-corrected chi connectivity index (χ4v) is 4.89. The molecule has 2 aliphatic rings. The van der Waals surface area contributed by atoms with E-state index in [1.165, 1.54) is 32.1 Å². The molecule has 0 aromatic carbocycles. The Balaban J connectivity index is 1.96. The lowest BCUT2D eigenvalue weighted by Gasteiger charge is -2.46. The minimum absolute atomic E-state index is 0.125. The lowest BCUT2D eigenvalue weighted by atomic mass is 9.59. The Hall–Kier alpha value is -0.560. The minimum Gasteiger partial charge on any atom is -0.393 e. The zero-order valence-corrected chi connectivity index (χ0v) is 14.9. The van der Waals surface area contributed by atoms with Crippen molar-refractivity contribution in [3.63, 3.8) is 0 Å². The first-order valence-electron chi connectivity index (χ1n) is 9.50. The molecule has 0 bridgehead atoms. The standard InChI is InChI=1S/C21H36O/c1-5-6-7-8-9-21(22)17(4)19-13-11-16(3)18-12-10-15(2)14-20(18)19/h5,14,16-22H,1,6-13H2,2-4H3/t16-,17-,18+,19+,20+,21-/m1/s1. The van der Waals surface area contributed by atoms with E-state index in [4.69, 9.17) is 0 Å². The van der Waals surface area contributed by atoms with Gasteiger partial charge in [0, 0.05) is 0 Å². The Labute approximate surface area is 137 Å². The third-order valence-electron chi connectivity index (χ3n) is 6.46. The second-order valence-corrected chi connectivity index (χ2v) is 8.01. The number of unbranched alkanes of at least 4 members (excludes halogenated alkanes) is 2. The number of aliphatic hydroxyl groups excluding tert-OH is 1. The van der Waals surface area contributed by atoms with E-state index in [1.54, 1.807) is 5.57 Å². The summed E-state index contributed by atoms with van der Waals surface area (Å²) in [5.41, 5.74) is 1.58. The van der Waals surface area contributed by atoms with E-state index in [-0.39, 0.29) is 6.10 Å². The summed E-state index contributed by atoms with van der Waals surface area (Å²) < 4.78 is 0. The molecule has 0 aliphatic heterocycles. The maximum absolute atomic E-state index is 10.6. The van der Waals surface area contributed by atoms with E-state index in [9.17, 15) is 5.11 Å². The van der Waals surface area contributed by atoms with Crippen molar-refractivity contribution < 1.29 is 5.11 Å². The lowest BCUT2D eigenvalue weighted by molar-refractivity contribution is 0.0119. The molecule has 0 spiro atoms. The summed E-state index contributed by atoms with van der Waals surface area (Å²) >= 11 is 0. The van der Waals surface area contributed by atoms with Crippen molar-refractivity contribution in [2.75, 3.05) is 0 Å². The molecule has 0 aromatic heterocycles. The lowest BCUT2D eigenvalue weighted by Crippen LogP contribution is -2.40. The molecule has 1 nitrogen and oxygen atoms in total. The van der Waals surface area contributed by atoms with Crippen LogP contribution in [0, 0.1) is 29.6 Å². The highest BCUT2D eigenvalue weighted by molar-refractivity contribution is 5.11. The molecule has 126 valence electrons. The fraction of sp³-hybridized carbons (Fsp3) is 0.810. The first-order valence-corrected chi connectivity index (χ1v) is 9.50. The van der Waals surface area contributed by atoms with Crippen LogP contribution < -0.4 is 0 Å². The molecule has 1 saturated carbocycles. The molecule has 0 saturated heterocycles. The number of allylic oxidation sites excluding steroid dienone is 3. The maximum atomic E-state index is 10.6. The Morgan fingerprint density at radius 1 is 1.32 bits per heavy atom. The predicted molar refractivity (Wildman–Crippen MR) is 95.7 cm³/mol. The summed E-state index contributed by atoms with van der Waals surface area (Å²) in [4.78, 5) is 0. The quantitative estimate of drug-likeness (QED) is 0.469. The first-order chi connectivity index (χ1) is 10.5. The second-order valence-electron chi connectivity index (χ2n) is 8.01. The highest BCUT2D eigenvalue weighted by Crippen LogP contribution is 2.48. The fourth-order valence-electron chi connectivity index (χ4n) is 4.89. The van der Waals surface area contributed by atoms with Crippen molar-refractivity contribution in [1.82, 2.24) is 0 Å². The number of rotatable bonds is 7. The molecule has 0 radical (unpaired) electrons. The summed E-state index contributed by atoms with van der Waals surface area (Å²) in [6, 6.07) is 0. The van der Waals surface area contributed by atoms with Crippen LogP contribution in [0.25, 0.3) is 0 Å². The van der Waals surface area contributed by atoms with E-state index >= 15 is 0 Å². The van der Waals surface area contributed by atoms with Crippen molar-refractivity contribution in [3.05, 3.63) is 24.3 Å². The second kappa shape index (κ2) is 8.34. The Morgan fingerprint density at radius 2 is 2.09 bits per heavy atom. The topological polar surface area (TPSA) is 20.2 Å². The molecular formula is C21H36O. The molecule has 0 heterocycles. The van der Waals surface area contributed by atoms with E-state index < -0.39 is 0 Å². The largest absolute Gasteiger partial charge is 0.393 e. The molecule has 1 N–H and O–H groups in total. The number of fused-ring (bicyclic) bond motifs is 1. The minimum atomic E-state index is -0.125. The molecule has 0 amide bonds. The van der Waals surface area contributed by atoms with E-state index in [1.807, 2.05) is 6.08 Å². The van der Waals surface area contributed by atoms with Crippen LogP contribution in [0.2, 0.25) is 0 Å². The van der Waals surface area contributed by atoms with Crippen molar-refractivity contribution in [1.29, 1.82) is 0 Å². The van der Waals surface area contributed by atoms with Crippen LogP contribution in [0.1, 0.15) is 72.1 Å². The van der Waals surface area contributed by atoms with Gasteiger partial charge < -0.3 is 5.11 Å². The molecular weight excluding hydrogens is 268 g/mol. The molecule has 1 heteroatoms. The van der Waals surface area contributed by atoms with Crippen molar-refractivity contribution in [3.8, 4) is 0 Å². The molecule has 0 aromatic rings. The van der Waals surface area contributed by atoms with Gasteiger partial charge in [-0.2, -0.15) is 0 Å². The molecule has 6 atom stereocenters. The Bertz CT molecular complexity index is 383. The average molecular weight is 305 g/mol. The maximum Gasteiger partial charge on any atom is 0.0568 e. The van der Waals surface area contributed by atoms with Crippen molar-refractivity contribution in [2.45, 2.75) is 78.2 Å². The summed E-state index contributed by atoms with van der Waals surface area (Å²) in [5.74, 6) is 3.56. The third-order valence-corrected chi connectivity index (χ3v) is 6.46. The summed E-state index contributed by atoms with van der Waals surface area (Å²) in [6.07, 6.45) is 14.1. The van der Waals surface area contributed by atoms with Crippen LogP contribution in [-0.2, 0) is 0 Å². The van der Waals surface area contributed by atoms with Crippen LogP contribution in [0.15, 0.2) is 24.3 Å². The molecule has 1 fully saturated rings. The predicted octanol–water partition coefficient (Wildman–Crippen LogP) is 5.75. The average Bonchev–Trinajstić information content (AvgIpc) is 2.51. The van der Waals surface area contributed by atoms with Crippen LogP contribution >= 0.6 is 0 Å². The summed E-state index contributed by atoms with van der Waals surface area (Å²) in [5, 5.41) is 10.6. The van der Waals surface area contributed by atoms with Crippen LogP contribution in [-0.4, -0.2) is 11.2 Å². The molecule has 0 unspecified atom stereocenters. The van der Waals surface area contributed by atoms with E-state index in [2.05, 4.69) is 33.4 Å². The van der Waals surface area contributed by atoms with Gasteiger partial charge in [0.15, 0.2) is 0 Å². The molecule has 2 rings (SSSR count). The number of hydrogen-bond donors (Lipinski definition) is 1. The normalized spacial score (nSPS) is 34.5. The van der Waals surface area contributed by atoms with Crippen LogP contribution in [0.5, 0.6) is 0 Å². The number of hydrogen-bond acceptors (Lipinski definition) is 1. The van der Waals surface area contributed by atoms with E-state index in [0.717, 1.165) is 37.0 Å². The van der Waals surface area contributed by atoms with Gasteiger partial charge in [0.2, 0.25) is 0 Å². The monoisotopic (exact) mass is 304 g/mol. The zero-order chi connectivity index (χ0) is 16.1. The SMILES string of the molecule is C=CCCCC[C@@H](O)[C@H](C)[C@@H]1CC[C@@H](C)[C@@H]2CCC(C)=C[C@@H]21. The van der Waals surface area contributed by atoms with Crippen LogP contribution in [0.3, 0.4) is 0 Å². The van der Waals surface area contributed by atoms with Crippen LogP contribution in [0.4, 0.5) is 0 Å². The van der Waals surface area contributed by atoms with Gasteiger partial charge in [-0.25, -0.2) is 0 Å². The number of aliphatic hydroxyl groups is 1. The molecule has 2 aliphatic carbocycles. The van der Waals surface area contributed by atoms with Gasteiger partial charge in [-0.3, -0.25) is 0 Å². The third kappa shape index (κ3) is 4.25. The van der Waals surface area contributed by atoms with Gasteiger partial charge in [-0.05, 0) is 75.0 Å². The Morgan fingerprint density at radius 3 is 2.82 bits per heavy atom. The van der Waals surface area contributed by atoms with Crippen molar-refractivity contribution >= 4 is 0 Å². The van der Waals surface area contributed by atoms with E-state index in [0.29, 0.717) is 11.8 Å². The van der Waals surface area contributed by atoms with Gasteiger partial charge >= 0.3 is 0 Å². The molecule has 22 heavy (non-hydrogen) atoms. The summed E-state index contributed by atoms with van der Waals surface area (Å²) in [7, 11) is 0. The van der Waals surface area contributed by atoms with Crippen molar-refractivity contribution in [2.24, 2.45) is 29.6 Å². The van der Waals surface area contributed by atoms with Gasteiger partial charge in [0.1, 0.15) is 0 Å². The highest BCUT2D eigenvalue weighted by Gasteiger charge is 2.41. The van der Waals surface area contributed by atoms with Gasteiger partial charge in [-0.1, -0.05) is 44.4 Å². The first kappa shape index (κ1) is 17.8.